The number of aromatic nitrogens is 1. The normalized spacial score (nSPS) is 12.3. The lowest BCUT2D eigenvalue weighted by Crippen LogP contribution is -2.03. The van der Waals surface area contributed by atoms with Crippen molar-refractivity contribution in [3.8, 4) is 0 Å². The number of hydrogen-bond acceptors (Lipinski definition) is 2. The smallest absolute Gasteiger partial charge is 0.0440 e. The molecule has 0 saturated heterocycles. The molecular formula is C14H15NO. The van der Waals surface area contributed by atoms with Crippen molar-refractivity contribution in [1.82, 2.24) is 4.98 Å². The molecule has 0 amide bonds. The maximum absolute atomic E-state index is 9.14. The zero-order valence-corrected chi connectivity index (χ0v) is 9.08. The monoisotopic (exact) mass is 213 g/mol. The molecule has 0 aliphatic carbocycles. The van der Waals surface area contributed by atoms with E-state index in [-0.39, 0.29) is 12.5 Å². The molecule has 0 aliphatic heterocycles. The Hall–Kier alpha value is -1.67. The largest absolute Gasteiger partial charge is 0.396 e. The summed E-state index contributed by atoms with van der Waals surface area (Å²) in [6.45, 7) is 0.189. The second-order valence-electron chi connectivity index (χ2n) is 3.76. The number of hydrogen-bond donors (Lipinski definition) is 1. The van der Waals surface area contributed by atoms with Gasteiger partial charge in [-0.3, -0.25) is 4.98 Å². The fourth-order valence-electron chi connectivity index (χ4n) is 1.92. The molecule has 0 fully saturated rings. The third kappa shape index (κ3) is 2.47. The van der Waals surface area contributed by atoms with Crippen LogP contribution in [-0.2, 0) is 0 Å². The summed E-state index contributed by atoms with van der Waals surface area (Å²) >= 11 is 0. The van der Waals surface area contributed by atoms with Gasteiger partial charge in [-0.05, 0) is 23.6 Å². The minimum atomic E-state index is 0.189. The van der Waals surface area contributed by atoms with E-state index in [2.05, 4.69) is 23.2 Å². The number of aliphatic hydroxyl groups excluding tert-OH is 1. The predicted octanol–water partition coefficient (Wildman–Crippen LogP) is 2.60. The Morgan fingerprint density at radius 1 is 1.00 bits per heavy atom. The molecule has 1 heterocycles. The summed E-state index contributed by atoms with van der Waals surface area (Å²) < 4.78 is 0. The van der Waals surface area contributed by atoms with Crippen molar-refractivity contribution < 1.29 is 5.11 Å². The van der Waals surface area contributed by atoms with Crippen LogP contribution in [0, 0.1) is 0 Å². The van der Waals surface area contributed by atoms with E-state index in [0.29, 0.717) is 0 Å². The Kier molecular flexibility index (Phi) is 3.67. The Balaban J connectivity index is 2.31. The summed E-state index contributed by atoms with van der Waals surface area (Å²) in [7, 11) is 0. The van der Waals surface area contributed by atoms with Gasteiger partial charge >= 0.3 is 0 Å². The lowest BCUT2D eigenvalue weighted by atomic mass is 9.90. The molecule has 2 rings (SSSR count). The summed E-state index contributed by atoms with van der Waals surface area (Å²) in [5.74, 6) is 0.236. The first-order chi connectivity index (χ1) is 7.92. The van der Waals surface area contributed by atoms with Crippen molar-refractivity contribution in [2.75, 3.05) is 6.61 Å². The summed E-state index contributed by atoms with van der Waals surface area (Å²) in [4.78, 5) is 4.13. The molecule has 1 atom stereocenters. The lowest BCUT2D eigenvalue weighted by molar-refractivity contribution is 0.281. The van der Waals surface area contributed by atoms with Crippen LogP contribution in [0.4, 0.5) is 0 Å². The van der Waals surface area contributed by atoms with Crippen LogP contribution in [0.3, 0.4) is 0 Å². The quantitative estimate of drug-likeness (QED) is 0.846. The third-order valence-electron chi connectivity index (χ3n) is 2.71. The molecular weight excluding hydrogens is 198 g/mol. The molecule has 1 unspecified atom stereocenters. The van der Waals surface area contributed by atoms with Crippen molar-refractivity contribution in [1.29, 1.82) is 0 Å². The van der Waals surface area contributed by atoms with Gasteiger partial charge in [0.15, 0.2) is 0 Å². The zero-order valence-electron chi connectivity index (χ0n) is 9.08. The highest BCUT2D eigenvalue weighted by molar-refractivity contribution is 5.30. The van der Waals surface area contributed by atoms with Crippen LogP contribution in [-0.4, -0.2) is 16.7 Å². The molecule has 2 aromatic rings. The van der Waals surface area contributed by atoms with E-state index in [9.17, 15) is 0 Å². The summed E-state index contributed by atoms with van der Waals surface area (Å²) in [6, 6.07) is 14.2. The van der Waals surface area contributed by atoms with E-state index >= 15 is 0 Å². The molecule has 0 radical (unpaired) electrons. The van der Waals surface area contributed by atoms with Gasteiger partial charge in [-0.25, -0.2) is 0 Å². The molecule has 16 heavy (non-hydrogen) atoms. The van der Waals surface area contributed by atoms with Crippen LogP contribution in [0.25, 0.3) is 0 Å². The molecule has 2 nitrogen and oxygen atoms in total. The Labute approximate surface area is 95.6 Å². The fourth-order valence-corrected chi connectivity index (χ4v) is 1.92. The molecule has 0 spiro atoms. The first-order valence-electron chi connectivity index (χ1n) is 5.47. The summed E-state index contributed by atoms with van der Waals surface area (Å²) in [5.41, 5.74) is 2.38. The third-order valence-corrected chi connectivity index (χ3v) is 2.71. The first kappa shape index (κ1) is 10.8. The molecule has 0 bridgehead atoms. The Morgan fingerprint density at radius 3 is 2.38 bits per heavy atom. The van der Waals surface area contributed by atoms with Crippen molar-refractivity contribution in [2.45, 2.75) is 12.3 Å². The van der Waals surface area contributed by atoms with Gasteiger partial charge < -0.3 is 5.11 Å². The first-order valence-corrected chi connectivity index (χ1v) is 5.47. The van der Waals surface area contributed by atoms with Gasteiger partial charge in [-0.2, -0.15) is 0 Å². The molecule has 0 saturated carbocycles. The molecule has 1 aromatic heterocycles. The number of nitrogens with zero attached hydrogens (tertiary/aromatic N) is 1. The van der Waals surface area contributed by atoms with Gasteiger partial charge in [0, 0.05) is 24.9 Å². The van der Waals surface area contributed by atoms with Gasteiger partial charge in [-0.1, -0.05) is 36.4 Å². The van der Waals surface area contributed by atoms with Crippen molar-refractivity contribution in [3.63, 3.8) is 0 Å². The average molecular weight is 213 g/mol. The van der Waals surface area contributed by atoms with Gasteiger partial charge in [-0.15, -0.1) is 0 Å². The summed E-state index contributed by atoms with van der Waals surface area (Å²) in [5, 5.41) is 9.14. The van der Waals surface area contributed by atoms with Crippen molar-refractivity contribution >= 4 is 0 Å². The standard InChI is InChI=1S/C14H15NO/c16-10-8-14(12-5-2-1-3-6-12)13-7-4-9-15-11-13/h1-7,9,11,14,16H,8,10H2. The summed E-state index contributed by atoms with van der Waals surface area (Å²) in [6.07, 6.45) is 4.37. The predicted molar refractivity (Wildman–Crippen MR) is 64.2 cm³/mol. The highest BCUT2D eigenvalue weighted by atomic mass is 16.3. The van der Waals surface area contributed by atoms with Crippen LogP contribution in [0.1, 0.15) is 23.5 Å². The number of aliphatic hydroxyl groups is 1. The van der Waals surface area contributed by atoms with Crippen LogP contribution < -0.4 is 0 Å². The highest BCUT2D eigenvalue weighted by Crippen LogP contribution is 2.26. The Bertz CT molecular complexity index is 374. The van der Waals surface area contributed by atoms with E-state index in [1.165, 1.54) is 5.56 Å². The maximum Gasteiger partial charge on any atom is 0.0440 e. The van der Waals surface area contributed by atoms with E-state index in [0.717, 1.165) is 12.0 Å². The number of benzene rings is 1. The fraction of sp³-hybridized carbons (Fsp3) is 0.214. The molecule has 82 valence electrons. The minimum absolute atomic E-state index is 0.189. The SMILES string of the molecule is OCCC(c1ccccc1)c1cccnc1. The van der Waals surface area contributed by atoms with Gasteiger partial charge in [0.05, 0.1) is 0 Å². The Morgan fingerprint density at radius 2 is 1.75 bits per heavy atom. The van der Waals surface area contributed by atoms with E-state index in [1.807, 2.05) is 30.5 Å². The van der Waals surface area contributed by atoms with Crippen molar-refractivity contribution in [3.05, 3.63) is 66.0 Å². The zero-order chi connectivity index (χ0) is 11.2. The molecule has 1 aromatic carbocycles. The maximum atomic E-state index is 9.14. The van der Waals surface area contributed by atoms with Gasteiger partial charge in [0.25, 0.3) is 0 Å². The van der Waals surface area contributed by atoms with Crippen LogP contribution in [0.5, 0.6) is 0 Å². The van der Waals surface area contributed by atoms with Crippen LogP contribution >= 0.6 is 0 Å². The van der Waals surface area contributed by atoms with Crippen LogP contribution in [0.2, 0.25) is 0 Å². The molecule has 1 N–H and O–H groups in total. The highest BCUT2D eigenvalue weighted by Gasteiger charge is 2.12. The second-order valence-corrected chi connectivity index (χ2v) is 3.76. The van der Waals surface area contributed by atoms with E-state index in [1.54, 1.807) is 6.20 Å². The molecule has 0 aliphatic rings. The minimum Gasteiger partial charge on any atom is -0.396 e. The van der Waals surface area contributed by atoms with Crippen LogP contribution in [0.15, 0.2) is 54.9 Å². The van der Waals surface area contributed by atoms with Gasteiger partial charge in [0.2, 0.25) is 0 Å². The second kappa shape index (κ2) is 5.42. The van der Waals surface area contributed by atoms with Crippen molar-refractivity contribution in [2.24, 2.45) is 0 Å². The number of rotatable bonds is 4. The van der Waals surface area contributed by atoms with Gasteiger partial charge in [0.1, 0.15) is 0 Å². The van der Waals surface area contributed by atoms with E-state index in [4.69, 9.17) is 5.11 Å². The van der Waals surface area contributed by atoms with E-state index < -0.39 is 0 Å². The molecule has 2 heteroatoms. The average Bonchev–Trinajstić information content (AvgIpc) is 2.38. The number of pyridine rings is 1. The topological polar surface area (TPSA) is 33.1 Å². The lowest BCUT2D eigenvalue weighted by Gasteiger charge is -2.16.